The molecule has 0 saturated heterocycles. The average Bonchev–Trinajstić information content (AvgIpc) is 2.94. The molecule has 0 spiro atoms. The van der Waals surface area contributed by atoms with E-state index in [0.29, 0.717) is 0 Å². The van der Waals surface area contributed by atoms with Gasteiger partial charge < -0.3 is 15.0 Å². The Morgan fingerprint density at radius 2 is 2.09 bits per heavy atom. The van der Waals surface area contributed by atoms with E-state index in [-0.39, 0.29) is 18.1 Å². The first-order valence-corrected chi connectivity index (χ1v) is 8.43. The van der Waals surface area contributed by atoms with E-state index in [2.05, 4.69) is 34.6 Å². The number of aromatic amines is 1. The van der Waals surface area contributed by atoms with Gasteiger partial charge in [0.05, 0.1) is 11.4 Å². The standard InChI is InChI=1S/C18H20ClN3O/c19-12-3-6-16-15(9-12)14-7-8-21-17(18(14)22-16)11-1-4-13(5-2-11)23-10-20/h1-2,4-6,9,12,17,21-22H,3,7-8,10,20H2. The maximum atomic E-state index is 6.30. The van der Waals surface area contributed by atoms with Gasteiger partial charge in [0.25, 0.3) is 0 Å². The van der Waals surface area contributed by atoms with E-state index in [4.69, 9.17) is 22.1 Å². The summed E-state index contributed by atoms with van der Waals surface area (Å²) in [7, 11) is 0. The van der Waals surface area contributed by atoms with Crippen LogP contribution in [-0.2, 0) is 6.42 Å². The first-order valence-electron chi connectivity index (χ1n) is 7.99. The van der Waals surface area contributed by atoms with E-state index in [0.717, 1.165) is 25.1 Å². The minimum atomic E-state index is 0.100. The van der Waals surface area contributed by atoms with Crippen LogP contribution in [0.4, 0.5) is 0 Å². The van der Waals surface area contributed by atoms with Gasteiger partial charge in [-0.25, -0.2) is 0 Å². The number of halogens is 1. The third-order valence-corrected chi connectivity index (χ3v) is 4.88. The van der Waals surface area contributed by atoms with Gasteiger partial charge >= 0.3 is 0 Å². The van der Waals surface area contributed by atoms with E-state index < -0.39 is 0 Å². The zero-order chi connectivity index (χ0) is 15.8. The van der Waals surface area contributed by atoms with Gasteiger partial charge in [-0.15, -0.1) is 11.6 Å². The fourth-order valence-electron chi connectivity index (χ4n) is 3.52. The summed E-state index contributed by atoms with van der Waals surface area (Å²) in [5.74, 6) is 0.796. The first-order chi connectivity index (χ1) is 11.3. The molecule has 0 radical (unpaired) electrons. The molecule has 4 nitrogen and oxygen atoms in total. The molecular formula is C18H20ClN3O. The summed E-state index contributed by atoms with van der Waals surface area (Å²) in [4.78, 5) is 3.60. The molecule has 1 aliphatic heterocycles. The van der Waals surface area contributed by atoms with Crippen LogP contribution in [0.3, 0.4) is 0 Å². The summed E-state index contributed by atoms with van der Waals surface area (Å²) in [5, 5.41) is 6.21. The largest absolute Gasteiger partial charge is 0.479 e. The number of H-pyrrole nitrogens is 1. The molecule has 2 aliphatic rings. The maximum absolute atomic E-state index is 6.30. The number of hydrogen-bond acceptors (Lipinski definition) is 3. The van der Waals surface area contributed by atoms with Gasteiger partial charge in [-0.3, -0.25) is 5.73 Å². The lowest BCUT2D eigenvalue weighted by Crippen LogP contribution is -2.34. The second kappa shape index (κ2) is 6.04. The number of benzene rings is 1. The molecule has 23 heavy (non-hydrogen) atoms. The summed E-state index contributed by atoms with van der Waals surface area (Å²) >= 11 is 6.30. The Bertz CT molecular complexity index is 825. The van der Waals surface area contributed by atoms with Crippen LogP contribution in [0.5, 0.6) is 5.75 Å². The number of rotatable bonds is 3. The lowest BCUT2D eigenvalue weighted by atomic mass is 9.94. The van der Waals surface area contributed by atoms with Crippen LogP contribution in [0, 0.1) is 0 Å². The zero-order valence-electron chi connectivity index (χ0n) is 12.8. The van der Waals surface area contributed by atoms with E-state index in [1.807, 2.05) is 12.1 Å². The number of nitrogens with two attached hydrogens (primary N) is 1. The third kappa shape index (κ3) is 2.67. The van der Waals surface area contributed by atoms with Gasteiger partial charge in [-0.1, -0.05) is 24.3 Å². The SMILES string of the molecule is NCOc1ccc(C2NCCc3c2[nH]c2c3=CC(Cl)CC=2)cc1. The Balaban J connectivity index is 1.75. The van der Waals surface area contributed by atoms with E-state index in [1.54, 1.807) is 0 Å². The normalized spacial score (nSPS) is 22.5. The topological polar surface area (TPSA) is 63.1 Å². The number of alkyl halides is 1. The second-order valence-corrected chi connectivity index (χ2v) is 6.54. The molecule has 0 bridgehead atoms. The van der Waals surface area contributed by atoms with Gasteiger partial charge in [0, 0.05) is 22.8 Å². The fraction of sp³-hybridized carbons (Fsp3) is 0.333. The zero-order valence-corrected chi connectivity index (χ0v) is 13.6. The highest BCUT2D eigenvalue weighted by atomic mass is 35.5. The van der Waals surface area contributed by atoms with Crippen LogP contribution in [-0.4, -0.2) is 23.6 Å². The van der Waals surface area contributed by atoms with Crippen molar-refractivity contribution in [1.82, 2.24) is 10.3 Å². The molecule has 4 rings (SSSR count). The summed E-state index contributed by atoms with van der Waals surface area (Å²) in [5.41, 5.74) is 9.29. The maximum Gasteiger partial charge on any atom is 0.137 e. The van der Waals surface area contributed by atoms with Gasteiger partial charge in [0.1, 0.15) is 12.5 Å². The highest BCUT2D eigenvalue weighted by Gasteiger charge is 2.25. The van der Waals surface area contributed by atoms with Gasteiger partial charge in [0.2, 0.25) is 0 Å². The Hall–Kier alpha value is -1.75. The monoisotopic (exact) mass is 329 g/mol. The van der Waals surface area contributed by atoms with Crippen molar-refractivity contribution in [2.75, 3.05) is 13.3 Å². The summed E-state index contributed by atoms with van der Waals surface area (Å²) in [6, 6.07) is 8.29. The summed E-state index contributed by atoms with van der Waals surface area (Å²) < 4.78 is 5.32. The van der Waals surface area contributed by atoms with Gasteiger partial charge in [-0.2, -0.15) is 0 Å². The number of aromatic nitrogens is 1. The minimum Gasteiger partial charge on any atom is -0.479 e. The van der Waals surface area contributed by atoms with E-state index in [1.165, 1.54) is 27.4 Å². The van der Waals surface area contributed by atoms with Gasteiger partial charge in [-0.05, 0) is 36.1 Å². The third-order valence-electron chi connectivity index (χ3n) is 4.58. The lowest BCUT2D eigenvalue weighted by Gasteiger charge is -2.25. The van der Waals surface area contributed by atoms with Crippen molar-refractivity contribution in [2.24, 2.45) is 5.73 Å². The predicted molar refractivity (Wildman–Crippen MR) is 92.9 cm³/mol. The van der Waals surface area contributed by atoms with E-state index in [9.17, 15) is 0 Å². The molecular weight excluding hydrogens is 310 g/mol. The molecule has 0 amide bonds. The highest BCUT2D eigenvalue weighted by molar-refractivity contribution is 6.24. The quantitative estimate of drug-likeness (QED) is 0.584. The van der Waals surface area contributed by atoms with Crippen molar-refractivity contribution < 1.29 is 4.74 Å². The number of ether oxygens (including phenoxy) is 1. The molecule has 1 aromatic heterocycles. The summed E-state index contributed by atoms with van der Waals surface area (Å²) in [6.07, 6.45) is 6.31. The van der Waals surface area contributed by atoms with Crippen molar-refractivity contribution >= 4 is 23.8 Å². The van der Waals surface area contributed by atoms with Crippen molar-refractivity contribution in [3.8, 4) is 5.75 Å². The Morgan fingerprint density at radius 1 is 1.26 bits per heavy atom. The smallest absolute Gasteiger partial charge is 0.137 e. The molecule has 2 unspecified atom stereocenters. The molecule has 2 heterocycles. The van der Waals surface area contributed by atoms with Crippen molar-refractivity contribution in [2.45, 2.75) is 24.3 Å². The summed E-state index contributed by atoms with van der Waals surface area (Å²) in [6.45, 7) is 1.16. The van der Waals surface area contributed by atoms with Crippen LogP contribution in [0.2, 0.25) is 0 Å². The van der Waals surface area contributed by atoms with E-state index >= 15 is 0 Å². The minimum absolute atomic E-state index is 0.100. The molecule has 0 fully saturated rings. The van der Waals surface area contributed by atoms with Crippen LogP contribution in [0.15, 0.2) is 24.3 Å². The van der Waals surface area contributed by atoms with Crippen LogP contribution >= 0.6 is 11.6 Å². The Labute approximate surface area is 140 Å². The molecule has 4 N–H and O–H groups in total. The van der Waals surface area contributed by atoms with Crippen molar-refractivity contribution in [3.05, 3.63) is 51.7 Å². The molecule has 1 aromatic carbocycles. The first kappa shape index (κ1) is 14.8. The van der Waals surface area contributed by atoms with Crippen LogP contribution in [0.25, 0.3) is 12.2 Å². The number of hydrogen-bond donors (Lipinski definition) is 3. The Morgan fingerprint density at radius 3 is 2.87 bits per heavy atom. The fourth-order valence-corrected chi connectivity index (χ4v) is 3.74. The molecule has 0 saturated carbocycles. The number of fused-ring (bicyclic) bond motifs is 3. The van der Waals surface area contributed by atoms with Crippen molar-refractivity contribution in [1.29, 1.82) is 0 Å². The number of nitrogens with one attached hydrogen (secondary N) is 2. The van der Waals surface area contributed by atoms with Crippen LogP contribution in [0.1, 0.15) is 29.3 Å². The molecule has 1 aliphatic carbocycles. The predicted octanol–water partition coefficient (Wildman–Crippen LogP) is 1.12. The lowest BCUT2D eigenvalue weighted by molar-refractivity contribution is 0.329. The molecule has 5 heteroatoms. The van der Waals surface area contributed by atoms with Gasteiger partial charge in [0.15, 0.2) is 0 Å². The highest BCUT2D eigenvalue weighted by Crippen LogP contribution is 2.27. The molecule has 120 valence electrons. The average molecular weight is 330 g/mol. The Kier molecular flexibility index (Phi) is 3.89. The van der Waals surface area contributed by atoms with Crippen molar-refractivity contribution in [3.63, 3.8) is 0 Å². The van der Waals surface area contributed by atoms with Crippen LogP contribution < -0.4 is 26.4 Å². The molecule has 2 aromatic rings. The second-order valence-electron chi connectivity index (χ2n) is 5.98. The molecule has 2 atom stereocenters.